The summed E-state index contributed by atoms with van der Waals surface area (Å²) in [4.78, 5) is 15.9. The van der Waals surface area contributed by atoms with Crippen LogP contribution in [0.3, 0.4) is 0 Å². The number of ether oxygens (including phenoxy) is 2. The molecule has 0 bridgehead atoms. The second-order valence-corrected chi connectivity index (χ2v) is 9.83. The Morgan fingerprint density at radius 1 is 0.917 bits per heavy atom. The number of hydrogen-bond donors (Lipinski definition) is 1. The fraction of sp³-hybridized carbons (Fsp3) is 0.0800. The van der Waals surface area contributed by atoms with Crippen LogP contribution in [0.2, 0.25) is 0 Å². The summed E-state index contributed by atoms with van der Waals surface area (Å²) in [5, 5.41) is -0.0691. The summed E-state index contributed by atoms with van der Waals surface area (Å²) in [6.45, 7) is 1.53. The van der Waals surface area contributed by atoms with E-state index in [1.165, 1.54) is 37.4 Å². The summed E-state index contributed by atoms with van der Waals surface area (Å²) in [5.41, 5.74) is 1.31. The Hall–Kier alpha value is -4.38. The highest BCUT2D eigenvalue weighted by Crippen LogP contribution is 2.37. The Kier molecular flexibility index (Phi) is 6.06. The van der Waals surface area contributed by atoms with Crippen molar-refractivity contribution >= 4 is 20.9 Å². The van der Waals surface area contributed by atoms with Crippen molar-refractivity contribution in [3.63, 3.8) is 0 Å². The minimum Gasteiger partial charge on any atom is -0.456 e. The molecule has 3 aromatic heterocycles. The van der Waals surface area contributed by atoms with Crippen LogP contribution in [-0.2, 0) is 9.84 Å². The van der Waals surface area contributed by atoms with E-state index in [1.54, 1.807) is 30.5 Å². The molecule has 0 aliphatic rings. The minimum absolute atomic E-state index is 0.0306. The highest BCUT2D eigenvalue weighted by atomic mass is 32.2. The first-order chi connectivity index (χ1) is 17.3. The van der Waals surface area contributed by atoms with Crippen molar-refractivity contribution in [2.24, 2.45) is 0 Å². The number of sulfone groups is 1. The topological polar surface area (TPSA) is 107 Å². The molecule has 0 radical (unpaired) electrons. The Morgan fingerprint density at radius 3 is 2.39 bits per heavy atom. The van der Waals surface area contributed by atoms with Crippen molar-refractivity contribution in [1.29, 1.82) is 0 Å². The number of nitrogens with zero attached hydrogens (tertiary/aromatic N) is 3. The van der Waals surface area contributed by atoms with Gasteiger partial charge in [0.2, 0.25) is 0 Å². The molecular formula is C25H18F2N4O4S. The summed E-state index contributed by atoms with van der Waals surface area (Å²) in [6, 6.07) is 14.6. The first-order valence-electron chi connectivity index (χ1n) is 10.8. The average Bonchev–Trinajstić information content (AvgIpc) is 3.32. The first-order valence-corrected chi connectivity index (χ1v) is 12.4. The molecule has 5 rings (SSSR count). The molecule has 5 aromatic rings. The number of aromatic amines is 1. The molecule has 0 unspecified atom stereocenters. The van der Waals surface area contributed by atoms with Crippen LogP contribution in [0.4, 0.5) is 8.78 Å². The van der Waals surface area contributed by atoms with Crippen molar-refractivity contribution in [3.05, 3.63) is 84.7 Å². The van der Waals surface area contributed by atoms with E-state index >= 15 is 0 Å². The standard InChI is InChI=1S/C25H18F2N4O4S/c1-2-36(32,33)22-10-9-15(14-29-22)34-16-12-20-23(31-25(30-20)19-8-3-4-11-28-19)21(13-16)35-24-17(26)6-5-7-18(24)27/h3-14H,2H2,1H3,(H,30,31). The smallest absolute Gasteiger partial charge is 0.198 e. The third-order valence-electron chi connectivity index (χ3n) is 5.21. The lowest BCUT2D eigenvalue weighted by Gasteiger charge is -2.11. The number of imidazole rings is 1. The SMILES string of the molecule is CCS(=O)(=O)c1ccc(Oc2cc(Oc3c(F)cccc3F)c3nc(-c4ccccn4)[nH]c3c2)cn1. The van der Waals surface area contributed by atoms with E-state index in [0.717, 1.165) is 12.1 Å². The van der Waals surface area contributed by atoms with Crippen LogP contribution in [0.25, 0.3) is 22.6 Å². The first kappa shape index (κ1) is 23.4. The summed E-state index contributed by atoms with van der Waals surface area (Å²) in [5.74, 6) is -1.51. The number of aromatic nitrogens is 4. The molecule has 0 amide bonds. The average molecular weight is 509 g/mol. The third-order valence-corrected chi connectivity index (χ3v) is 6.85. The van der Waals surface area contributed by atoms with Gasteiger partial charge < -0.3 is 14.5 Å². The quantitative estimate of drug-likeness (QED) is 0.302. The number of halogens is 2. The van der Waals surface area contributed by atoms with Crippen LogP contribution in [0.15, 0.2) is 78.1 Å². The van der Waals surface area contributed by atoms with Gasteiger partial charge in [0.05, 0.1) is 17.5 Å². The van der Waals surface area contributed by atoms with E-state index in [1.807, 2.05) is 0 Å². The summed E-state index contributed by atoms with van der Waals surface area (Å²) < 4.78 is 64.2. The molecule has 0 atom stereocenters. The molecule has 0 aliphatic heterocycles. The number of pyridine rings is 2. The number of rotatable bonds is 7. The maximum absolute atomic E-state index is 14.3. The van der Waals surface area contributed by atoms with E-state index in [0.29, 0.717) is 22.6 Å². The van der Waals surface area contributed by atoms with E-state index in [9.17, 15) is 17.2 Å². The normalized spacial score (nSPS) is 11.5. The lowest BCUT2D eigenvalue weighted by molar-refractivity contribution is 0.406. The van der Waals surface area contributed by atoms with Crippen LogP contribution >= 0.6 is 0 Å². The summed E-state index contributed by atoms with van der Waals surface area (Å²) >= 11 is 0. The van der Waals surface area contributed by atoms with Gasteiger partial charge in [-0.05, 0) is 36.4 Å². The fourth-order valence-corrected chi connectivity index (χ4v) is 4.19. The molecule has 0 saturated heterocycles. The number of fused-ring (bicyclic) bond motifs is 1. The maximum atomic E-state index is 14.3. The molecule has 11 heteroatoms. The lowest BCUT2D eigenvalue weighted by Crippen LogP contribution is -2.05. The minimum atomic E-state index is -3.47. The van der Waals surface area contributed by atoms with Crippen molar-refractivity contribution in [2.75, 3.05) is 5.75 Å². The number of para-hydroxylation sites is 1. The highest BCUT2D eigenvalue weighted by Gasteiger charge is 2.19. The molecule has 3 heterocycles. The van der Waals surface area contributed by atoms with Crippen LogP contribution in [0, 0.1) is 11.6 Å². The van der Waals surface area contributed by atoms with Gasteiger partial charge in [-0.1, -0.05) is 19.1 Å². The van der Waals surface area contributed by atoms with Gasteiger partial charge in [-0.15, -0.1) is 0 Å². The third kappa shape index (κ3) is 4.60. The van der Waals surface area contributed by atoms with Crippen molar-refractivity contribution in [1.82, 2.24) is 19.9 Å². The van der Waals surface area contributed by atoms with Crippen LogP contribution in [-0.4, -0.2) is 34.1 Å². The van der Waals surface area contributed by atoms with Gasteiger partial charge in [-0.2, -0.15) is 0 Å². The molecule has 2 aromatic carbocycles. The number of H-pyrrole nitrogens is 1. The monoisotopic (exact) mass is 508 g/mol. The Morgan fingerprint density at radius 2 is 1.72 bits per heavy atom. The largest absolute Gasteiger partial charge is 0.456 e. The van der Waals surface area contributed by atoms with Crippen molar-refractivity contribution in [2.45, 2.75) is 11.9 Å². The van der Waals surface area contributed by atoms with E-state index < -0.39 is 27.2 Å². The molecule has 0 fully saturated rings. The van der Waals surface area contributed by atoms with Gasteiger partial charge in [0.15, 0.2) is 43.8 Å². The molecule has 8 nitrogen and oxygen atoms in total. The Labute approximate surface area is 204 Å². The maximum Gasteiger partial charge on any atom is 0.198 e. The van der Waals surface area contributed by atoms with Gasteiger partial charge in [-0.25, -0.2) is 27.2 Å². The molecule has 1 N–H and O–H groups in total. The Balaban J connectivity index is 1.57. The molecule has 36 heavy (non-hydrogen) atoms. The summed E-state index contributed by atoms with van der Waals surface area (Å²) in [6.07, 6.45) is 2.88. The zero-order valence-corrected chi connectivity index (χ0v) is 19.6. The van der Waals surface area contributed by atoms with Crippen LogP contribution < -0.4 is 9.47 Å². The number of benzene rings is 2. The van der Waals surface area contributed by atoms with E-state index in [2.05, 4.69) is 19.9 Å². The zero-order chi connectivity index (χ0) is 25.3. The van der Waals surface area contributed by atoms with Crippen molar-refractivity contribution in [3.8, 4) is 34.5 Å². The second kappa shape index (κ2) is 9.34. The van der Waals surface area contributed by atoms with Crippen LogP contribution in [0.5, 0.6) is 23.0 Å². The predicted molar refractivity (Wildman–Crippen MR) is 128 cm³/mol. The number of nitrogens with one attached hydrogen (secondary N) is 1. The highest BCUT2D eigenvalue weighted by molar-refractivity contribution is 7.91. The lowest BCUT2D eigenvalue weighted by atomic mass is 10.2. The predicted octanol–water partition coefficient (Wildman–Crippen LogP) is 5.68. The molecular weight excluding hydrogens is 490 g/mol. The fourth-order valence-electron chi connectivity index (χ4n) is 3.41. The van der Waals surface area contributed by atoms with Gasteiger partial charge in [0.25, 0.3) is 0 Å². The zero-order valence-electron chi connectivity index (χ0n) is 18.8. The molecule has 0 aliphatic carbocycles. The van der Waals surface area contributed by atoms with Gasteiger partial charge >= 0.3 is 0 Å². The van der Waals surface area contributed by atoms with Gasteiger partial charge in [0.1, 0.15) is 22.7 Å². The van der Waals surface area contributed by atoms with E-state index in [-0.39, 0.29) is 28.0 Å². The Bertz CT molecular complexity index is 1640. The number of hydrogen-bond acceptors (Lipinski definition) is 7. The second-order valence-electron chi connectivity index (χ2n) is 7.61. The van der Waals surface area contributed by atoms with Crippen LogP contribution in [0.1, 0.15) is 6.92 Å². The summed E-state index contributed by atoms with van der Waals surface area (Å²) in [7, 11) is -3.47. The molecule has 0 saturated carbocycles. The van der Waals surface area contributed by atoms with Gasteiger partial charge in [-0.3, -0.25) is 4.98 Å². The van der Waals surface area contributed by atoms with E-state index in [4.69, 9.17) is 9.47 Å². The molecule has 0 spiro atoms. The molecule has 182 valence electrons. The van der Waals surface area contributed by atoms with Crippen molar-refractivity contribution < 1.29 is 26.7 Å². The van der Waals surface area contributed by atoms with Gasteiger partial charge in [0, 0.05) is 18.3 Å².